The zero-order chi connectivity index (χ0) is 14.5. The van der Waals surface area contributed by atoms with Crippen molar-refractivity contribution in [3.63, 3.8) is 0 Å². The van der Waals surface area contributed by atoms with Crippen LogP contribution >= 0.6 is 0 Å². The first-order valence-corrected chi connectivity index (χ1v) is 7.81. The van der Waals surface area contributed by atoms with E-state index in [1.165, 1.54) is 16.7 Å². The highest BCUT2D eigenvalue weighted by Crippen LogP contribution is 2.31. The topological polar surface area (TPSA) is 21.3 Å². The molecule has 21 heavy (non-hydrogen) atoms. The van der Waals surface area contributed by atoms with Crippen molar-refractivity contribution in [3.05, 3.63) is 71.3 Å². The van der Waals surface area contributed by atoms with Gasteiger partial charge in [-0.1, -0.05) is 54.6 Å². The molecule has 110 valence electrons. The second-order valence-electron chi connectivity index (χ2n) is 5.73. The molecule has 0 spiro atoms. The van der Waals surface area contributed by atoms with E-state index in [2.05, 4.69) is 66.8 Å². The first-order chi connectivity index (χ1) is 10.3. The van der Waals surface area contributed by atoms with Crippen LogP contribution in [0.3, 0.4) is 0 Å². The number of ether oxygens (including phenoxy) is 1. The zero-order valence-corrected chi connectivity index (χ0v) is 12.6. The first kappa shape index (κ1) is 14.3. The monoisotopic (exact) mass is 281 g/mol. The average molecular weight is 281 g/mol. The summed E-state index contributed by atoms with van der Waals surface area (Å²) in [5.41, 5.74) is 3.81. The van der Waals surface area contributed by atoms with E-state index >= 15 is 0 Å². The Morgan fingerprint density at radius 1 is 0.952 bits per heavy atom. The van der Waals surface area contributed by atoms with Crippen molar-refractivity contribution in [2.24, 2.45) is 0 Å². The Morgan fingerprint density at radius 3 is 2.33 bits per heavy atom. The molecule has 0 saturated carbocycles. The van der Waals surface area contributed by atoms with Gasteiger partial charge in [0.1, 0.15) is 6.10 Å². The van der Waals surface area contributed by atoms with Gasteiger partial charge >= 0.3 is 0 Å². The SMILES string of the molecule is Cc1ccccc1C(OC1CCNCC1)c1ccccc1. The fourth-order valence-electron chi connectivity index (χ4n) is 2.96. The Kier molecular flexibility index (Phi) is 4.69. The molecule has 1 fully saturated rings. The number of piperidine rings is 1. The molecule has 1 unspecified atom stereocenters. The van der Waals surface area contributed by atoms with Crippen molar-refractivity contribution in [2.45, 2.75) is 32.0 Å². The number of hydrogen-bond acceptors (Lipinski definition) is 2. The van der Waals surface area contributed by atoms with Crippen LogP contribution in [-0.4, -0.2) is 19.2 Å². The van der Waals surface area contributed by atoms with Crippen LogP contribution in [0.15, 0.2) is 54.6 Å². The van der Waals surface area contributed by atoms with Crippen molar-refractivity contribution in [3.8, 4) is 0 Å². The minimum Gasteiger partial charge on any atom is -0.365 e. The maximum atomic E-state index is 6.50. The average Bonchev–Trinajstić information content (AvgIpc) is 2.55. The maximum absolute atomic E-state index is 6.50. The summed E-state index contributed by atoms with van der Waals surface area (Å²) in [5.74, 6) is 0. The number of aryl methyl sites for hydroxylation is 1. The molecule has 1 heterocycles. The van der Waals surface area contributed by atoms with E-state index in [1.807, 2.05) is 0 Å². The van der Waals surface area contributed by atoms with E-state index in [4.69, 9.17) is 4.74 Å². The number of benzene rings is 2. The number of hydrogen-bond donors (Lipinski definition) is 1. The third-order valence-electron chi connectivity index (χ3n) is 4.19. The first-order valence-electron chi connectivity index (χ1n) is 7.81. The molecule has 1 atom stereocenters. The molecule has 1 aliphatic rings. The summed E-state index contributed by atoms with van der Waals surface area (Å²) in [6, 6.07) is 19.1. The lowest BCUT2D eigenvalue weighted by Crippen LogP contribution is -2.33. The summed E-state index contributed by atoms with van der Waals surface area (Å²) in [6.07, 6.45) is 2.57. The van der Waals surface area contributed by atoms with Crippen LogP contribution in [0.4, 0.5) is 0 Å². The van der Waals surface area contributed by atoms with Crippen LogP contribution < -0.4 is 5.32 Å². The van der Waals surface area contributed by atoms with Crippen LogP contribution in [0.2, 0.25) is 0 Å². The number of rotatable bonds is 4. The summed E-state index contributed by atoms with van der Waals surface area (Å²) in [6.45, 7) is 4.27. The Labute approximate surface area is 127 Å². The summed E-state index contributed by atoms with van der Waals surface area (Å²) >= 11 is 0. The van der Waals surface area contributed by atoms with Crippen LogP contribution in [0.1, 0.15) is 35.6 Å². The van der Waals surface area contributed by atoms with Gasteiger partial charge < -0.3 is 10.1 Å². The van der Waals surface area contributed by atoms with Gasteiger partial charge in [0.2, 0.25) is 0 Å². The highest BCUT2D eigenvalue weighted by atomic mass is 16.5. The Balaban J connectivity index is 1.89. The van der Waals surface area contributed by atoms with Gasteiger partial charge in [-0.25, -0.2) is 0 Å². The molecule has 0 radical (unpaired) electrons. The summed E-state index contributed by atoms with van der Waals surface area (Å²) in [7, 11) is 0. The molecule has 2 heteroatoms. The van der Waals surface area contributed by atoms with Gasteiger partial charge in [-0.3, -0.25) is 0 Å². The molecule has 1 aliphatic heterocycles. The molecule has 0 amide bonds. The van der Waals surface area contributed by atoms with E-state index in [9.17, 15) is 0 Å². The highest BCUT2D eigenvalue weighted by molar-refractivity contribution is 5.35. The summed E-state index contributed by atoms with van der Waals surface area (Å²) < 4.78 is 6.50. The molecule has 2 aromatic rings. The van der Waals surface area contributed by atoms with Crippen molar-refractivity contribution in [2.75, 3.05) is 13.1 Å². The second kappa shape index (κ2) is 6.88. The lowest BCUT2D eigenvalue weighted by Gasteiger charge is -2.29. The summed E-state index contributed by atoms with van der Waals surface area (Å²) in [4.78, 5) is 0. The van der Waals surface area contributed by atoms with Crippen molar-refractivity contribution < 1.29 is 4.74 Å². The summed E-state index contributed by atoms with van der Waals surface area (Å²) in [5, 5.41) is 3.40. The quantitative estimate of drug-likeness (QED) is 0.919. The van der Waals surface area contributed by atoms with Gasteiger partial charge in [0.25, 0.3) is 0 Å². The molecular weight excluding hydrogens is 258 g/mol. The fourth-order valence-corrected chi connectivity index (χ4v) is 2.96. The zero-order valence-electron chi connectivity index (χ0n) is 12.6. The maximum Gasteiger partial charge on any atom is 0.108 e. The lowest BCUT2D eigenvalue weighted by atomic mass is 9.96. The van der Waals surface area contributed by atoms with Crippen LogP contribution in [0, 0.1) is 6.92 Å². The Hall–Kier alpha value is -1.64. The van der Waals surface area contributed by atoms with Gasteiger partial charge in [0, 0.05) is 0 Å². The molecule has 3 rings (SSSR count). The molecule has 0 bridgehead atoms. The molecule has 2 aromatic carbocycles. The molecule has 1 saturated heterocycles. The van der Waals surface area contributed by atoms with Crippen LogP contribution in [0.25, 0.3) is 0 Å². The van der Waals surface area contributed by atoms with Gasteiger partial charge in [0.15, 0.2) is 0 Å². The Morgan fingerprint density at radius 2 is 1.62 bits per heavy atom. The number of nitrogens with one attached hydrogen (secondary N) is 1. The van der Waals surface area contributed by atoms with E-state index in [-0.39, 0.29) is 6.10 Å². The van der Waals surface area contributed by atoms with Crippen molar-refractivity contribution in [1.82, 2.24) is 5.32 Å². The molecule has 0 aromatic heterocycles. The van der Waals surface area contributed by atoms with E-state index in [0.29, 0.717) is 6.10 Å². The van der Waals surface area contributed by atoms with E-state index < -0.39 is 0 Å². The molecule has 1 N–H and O–H groups in total. The minimum absolute atomic E-state index is 0.0375. The standard InChI is InChI=1S/C19H23NO/c1-15-7-5-6-10-18(15)19(16-8-3-2-4-9-16)21-17-11-13-20-14-12-17/h2-10,17,19-20H,11-14H2,1H3. The lowest BCUT2D eigenvalue weighted by molar-refractivity contribution is -0.00830. The van der Waals surface area contributed by atoms with Gasteiger partial charge in [-0.05, 0) is 49.5 Å². The predicted molar refractivity (Wildman–Crippen MR) is 86.4 cm³/mol. The third-order valence-corrected chi connectivity index (χ3v) is 4.19. The highest BCUT2D eigenvalue weighted by Gasteiger charge is 2.22. The second-order valence-corrected chi connectivity index (χ2v) is 5.73. The smallest absolute Gasteiger partial charge is 0.108 e. The largest absolute Gasteiger partial charge is 0.365 e. The van der Waals surface area contributed by atoms with Gasteiger partial charge in [-0.2, -0.15) is 0 Å². The van der Waals surface area contributed by atoms with Crippen LogP contribution in [-0.2, 0) is 4.74 Å². The molecule has 0 aliphatic carbocycles. The normalized spacial score (nSPS) is 17.6. The third kappa shape index (κ3) is 3.52. The predicted octanol–water partition coefficient (Wildman–Crippen LogP) is 3.85. The fraction of sp³-hybridized carbons (Fsp3) is 0.368. The molecular formula is C19H23NO. The molecule has 2 nitrogen and oxygen atoms in total. The van der Waals surface area contributed by atoms with Crippen LogP contribution in [0.5, 0.6) is 0 Å². The van der Waals surface area contributed by atoms with Gasteiger partial charge in [0.05, 0.1) is 6.10 Å². The van der Waals surface area contributed by atoms with Gasteiger partial charge in [-0.15, -0.1) is 0 Å². The van der Waals surface area contributed by atoms with Crippen molar-refractivity contribution >= 4 is 0 Å². The Bertz CT molecular complexity index is 561. The van der Waals surface area contributed by atoms with E-state index in [0.717, 1.165) is 25.9 Å². The van der Waals surface area contributed by atoms with Crippen molar-refractivity contribution in [1.29, 1.82) is 0 Å². The van der Waals surface area contributed by atoms with E-state index in [1.54, 1.807) is 0 Å². The minimum atomic E-state index is 0.0375.